The van der Waals surface area contributed by atoms with Crippen LogP contribution in [0.15, 0.2) is 42.5 Å². The van der Waals surface area contributed by atoms with Gasteiger partial charge in [0.1, 0.15) is 5.82 Å². The molecule has 0 saturated carbocycles. The Labute approximate surface area is 171 Å². The van der Waals surface area contributed by atoms with E-state index in [1.807, 2.05) is 29.5 Å². The lowest BCUT2D eigenvalue weighted by Gasteiger charge is -2.10. The van der Waals surface area contributed by atoms with E-state index in [4.69, 9.17) is 14.5 Å². The molecule has 0 bridgehead atoms. The number of nitriles is 1. The summed E-state index contributed by atoms with van der Waals surface area (Å²) in [5.74, 6) is 0.938. The summed E-state index contributed by atoms with van der Waals surface area (Å²) in [5.41, 5.74) is 4.16. The van der Waals surface area contributed by atoms with Crippen molar-refractivity contribution in [2.75, 3.05) is 14.2 Å². The third-order valence-electron chi connectivity index (χ3n) is 4.76. The maximum atomic E-state index is 13.4. The van der Waals surface area contributed by atoms with Crippen molar-refractivity contribution in [1.82, 2.24) is 9.38 Å². The number of ether oxygens (including phenoxy) is 2. The van der Waals surface area contributed by atoms with Gasteiger partial charge < -0.3 is 9.47 Å². The summed E-state index contributed by atoms with van der Waals surface area (Å²) in [5, 5.41) is 9.47. The van der Waals surface area contributed by atoms with E-state index in [1.165, 1.54) is 12.1 Å². The Bertz CT molecular complexity index is 1240. The van der Waals surface area contributed by atoms with E-state index in [9.17, 15) is 9.65 Å². The van der Waals surface area contributed by atoms with Crippen LogP contribution in [-0.2, 0) is 6.42 Å². The van der Waals surface area contributed by atoms with E-state index in [0.717, 1.165) is 38.0 Å². The molecule has 146 valence electrons. The number of nitrogens with zero attached hydrogens (tertiary/aromatic N) is 3. The number of aromatic nitrogens is 2. The van der Waals surface area contributed by atoms with E-state index in [0.29, 0.717) is 11.5 Å². The predicted molar refractivity (Wildman–Crippen MR) is 111 cm³/mol. The molecule has 0 spiro atoms. The van der Waals surface area contributed by atoms with Crippen LogP contribution >= 0.6 is 11.3 Å². The second-order valence-electron chi connectivity index (χ2n) is 6.44. The van der Waals surface area contributed by atoms with Crippen LogP contribution in [0, 0.1) is 24.1 Å². The van der Waals surface area contributed by atoms with Crippen LogP contribution in [0.2, 0.25) is 0 Å². The first kappa shape index (κ1) is 19.0. The molecule has 0 saturated heterocycles. The maximum Gasteiger partial charge on any atom is 0.195 e. The van der Waals surface area contributed by atoms with E-state index in [1.54, 1.807) is 37.7 Å². The lowest BCUT2D eigenvalue weighted by Crippen LogP contribution is -1.97. The van der Waals surface area contributed by atoms with Gasteiger partial charge in [-0.3, -0.25) is 4.40 Å². The summed E-state index contributed by atoms with van der Waals surface area (Å²) in [6.45, 7) is 2.00. The summed E-state index contributed by atoms with van der Waals surface area (Å²) < 4.78 is 26.2. The zero-order valence-corrected chi connectivity index (χ0v) is 17.0. The van der Waals surface area contributed by atoms with Crippen molar-refractivity contribution in [3.05, 3.63) is 58.9 Å². The molecule has 0 fully saturated rings. The lowest BCUT2D eigenvalue weighted by molar-refractivity contribution is 0.355. The Morgan fingerprint density at radius 3 is 2.41 bits per heavy atom. The number of aryl methyl sites for hydroxylation is 1. The number of halogens is 1. The topological polar surface area (TPSA) is 59.5 Å². The number of hydrogen-bond acceptors (Lipinski definition) is 5. The number of benzene rings is 2. The zero-order chi connectivity index (χ0) is 20.5. The monoisotopic (exact) mass is 407 g/mol. The minimum Gasteiger partial charge on any atom is -0.493 e. The second-order valence-corrected chi connectivity index (χ2v) is 7.63. The lowest BCUT2D eigenvalue weighted by atomic mass is 10.1. The van der Waals surface area contributed by atoms with Crippen molar-refractivity contribution in [2.45, 2.75) is 13.3 Å². The molecule has 4 rings (SSSR count). The highest BCUT2D eigenvalue weighted by atomic mass is 32.1. The van der Waals surface area contributed by atoms with Gasteiger partial charge >= 0.3 is 0 Å². The fourth-order valence-corrected chi connectivity index (χ4v) is 4.48. The highest BCUT2D eigenvalue weighted by Crippen LogP contribution is 2.38. The van der Waals surface area contributed by atoms with Crippen molar-refractivity contribution in [1.29, 1.82) is 5.26 Å². The van der Waals surface area contributed by atoms with Gasteiger partial charge in [-0.05, 0) is 55.0 Å². The third-order valence-corrected chi connectivity index (χ3v) is 5.72. The molecule has 0 aliphatic heterocycles. The molecular formula is C22H18FN3O2S. The third kappa shape index (κ3) is 3.22. The van der Waals surface area contributed by atoms with Crippen LogP contribution in [0.3, 0.4) is 0 Å². The molecule has 29 heavy (non-hydrogen) atoms. The number of methoxy groups -OCH3 is 2. The summed E-state index contributed by atoms with van der Waals surface area (Å²) in [6.07, 6.45) is 0.190. The SMILES string of the molecule is COc1ccc(-c2nc3sc(C)c(-c4ccc(F)cc4)n3c2CC#N)cc1OC. The fourth-order valence-electron chi connectivity index (χ4n) is 3.47. The molecule has 7 heteroatoms. The van der Waals surface area contributed by atoms with Crippen LogP contribution in [0.5, 0.6) is 11.5 Å². The molecule has 0 aliphatic carbocycles. The molecule has 2 aromatic heterocycles. The van der Waals surface area contributed by atoms with E-state index < -0.39 is 0 Å². The summed E-state index contributed by atoms with van der Waals surface area (Å²) >= 11 is 1.54. The minimum atomic E-state index is -0.285. The van der Waals surface area contributed by atoms with Gasteiger partial charge in [0.25, 0.3) is 0 Å². The smallest absolute Gasteiger partial charge is 0.195 e. The van der Waals surface area contributed by atoms with Crippen LogP contribution in [0.25, 0.3) is 27.5 Å². The molecule has 0 aliphatic rings. The van der Waals surface area contributed by atoms with Gasteiger partial charge in [-0.25, -0.2) is 9.37 Å². The standard InChI is InChI=1S/C22H18FN3O2S/c1-13-21(14-4-7-16(23)8-5-14)26-17(10-11-24)20(25-22(26)29-13)15-6-9-18(27-2)19(12-15)28-3/h4-9,12H,10H2,1-3H3. The normalized spacial score (nSPS) is 10.9. The maximum absolute atomic E-state index is 13.4. The first-order valence-electron chi connectivity index (χ1n) is 8.93. The van der Waals surface area contributed by atoms with Crippen LogP contribution in [0.4, 0.5) is 4.39 Å². The summed E-state index contributed by atoms with van der Waals surface area (Å²) in [7, 11) is 3.17. The molecular weight excluding hydrogens is 389 g/mol. The number of rotatable bonds is 5. The molecule has 2 heterocycles. The van der Waals surface area contributed by atoms with Crippen molar-refractivity contribution >= 4 is 16.3 Å². The van der Waals surface area contributed by atoms with Gasteiger partial charge in [0, 0.05) is 10.4 Å². The Kier molecular flexibility index (Phi) is 4.95. The molecule has 4 aromatic rings. The van der Waals surface area contributed by atoms with E-state index in [2.05, 4.69) is 6.07 Å². The molecule has 0 unspecified atom stereocenters. The molecule has 0 N–H and O–H groups in total. The summed E-state index contributed by atoms with van der Waals surface area (Å²) in [6, 6.07) is 14.2. The van der Waals surface area contributed by atoms with Gasteiger partial charge in [0.2, 0.25) is 0 Å². The largest absolute Gasteiger partial charge is 0.493 e. The van der Waals surface area contributed by atoms with Crippen LogP contribution in [0.1, 0.15) is 10.6 Å². The average Bonchev–Trinajstić information content (AvgIpc) is 3.23. The van der Waals surface area contributed by atoms with Crippen LogP contribution < -0.4 is 9.47 Å². The van der Waals surface area contributed by atoms with Crippen molar-refractivity contribution in [3.63, 3.8) is 0 Å². The van der Waals surface area contributed by atoms with E-state index in [-0.39, 0.29) is 12.2 Å². The first-order valence-corrected chi connectivity index (χ1v) is 9.75. The van der Waals surface area contributed by atoms with Gasteiger partial charge in [-0.15, -0.1) is 11.3 Å². The molecule has 0 radical (unpaired) electrons. The molecule has 2 aromatic carbocycles. The Balaban J connectivity index is 1.96. The van der Waals surface area contributed by atoms with Gasteiger partial charge in [0.15, 0.2) is 16.5 Å². The van der Waals surface area contributed by atoms with Gasteiger partial charge in [0.05, 0.1) is 43.8 Å². The van der Waals surface area contributed by atoms with Gasteiger partial charge in [-0.2, -0.15) is 5.26 Å². The summed E-state index contributed by atoms with van der Waals surface area (Å²) in [4.78, 5) is 6.66. The Morgan fingerprint density at radius 2 is 1.76 bits per heavy atom. The van der Waals surface area contributed by atoms with Gasteiger partial charge in [-0.1, -0.05) is 0 Å². The molecule has 0 amide bonds. The number of thiazole rings is 1. The fraction of sp³-hybridized carbons (Fsp3) is 0.182. The van der Waals surface area contributed by atoms with Crippen molar-refractivity contribution in [2.24, 2.45) is 0 Å². The molecule has 5 nitrogen and oxygen atoms in total. The first-order chi connectivity index (χ1) is 14.1. The number of imidazole rings is 1. The van der Waals surface area contributed by atoms with Crippen molar-refractivity contribution < 1.29 is 13.9 Å². The van der Waals surface area contributed by atoms with Crippen molar-refractivity contribution in [3.8, 4) is 40.1 Å². The van der Waals surface area contributed by atoms with E-state index >= 15 is 0 Å². The average molecular weight is 407 g/mol. The highest BCUT2D eigenvalue weighted by Gasteiger charge is 2.22. The van der Waals surface area contributed by atoms with Crippen LogP contribution in [-0.4, -0.2) is 23.6 Å². The second kappa shape index (κ2) is 7.57. The highest BCUT2D eigenvalue weighted by molar-refractivity contribution is 7.17. The molecule has 0 atom stereocenters. The zero-order valence-electron chi connectivity index (χ0n) is 16.2. The Hall–Kier alpha value is -3.37. The number of fused-ring (bicyclic) bond motifs is 1. The minimum absolute atomic E-state index is 0.190. The predicted octanol–water partition coefficient (Wildman–Crippen LogP) is 5.26. The quantitative estimate of drug-likeness (QED) is 0.453. The number of hydrogen-bond donors (Lipinski definition) is 0. The Morgan fingerprint density at radius 1 is 1.07 bits per heavy atom.